The molecule has 3 heterocycles. The van der Waals surface area contributed by atoms with Crippen LogP contribution in [-0.2, 0) is 9.59 Å². The lowest BCUT2D eigenvalue weighted by Gasteiger charge is -2.38. The van der Waals surface area contributed by atoms with Gasteiger partial charge in [-0.3, -0.25) is 14.4 Å². The largest absolute Gasteiger partial charge is 0.378 e. The number of nitrogens with one attached hydrogen (secondary N) is 1. The Kier molecular flexibility index (Phi) is 5.19. The maximum absolute atomic E-state index is 13.9. The fourth-order valence-corrected chi connectivity index (χ4v) is 7.23. The molecule has 2 amide bonds. The maximum Gasteiger partial charge on any atom is 0.305 e. The van der Waals surface area contributed by atoms with Crippen molar-refractivity contribution >= 4 is 57.9 Å². The molecule has 3 aromatic rings. The predicted molar refractivity (Wildman–Crippen MR) is 129 cm³/mol. The van der Waals surface area contributed by atoms with Crippen molar-refractivity contribution < 1.29 is 9.59 Å². The molecule has 2 aromatic carbocycles. The highest BCUT2D eigenvalue weighted by molar-refractivity contribution is 7.99. The number of nitrogens with zero attached hydrogens (tertiary/aromatic N) is 2. The van der Waals surface area contributed by atoms with Gasteiger partial charge in [0.1, 0.15) is 0 Å². The van der Waals surface area contributed by atoms with Crippen molar-refractivity contribution in [3.8, 4) is 0 Å². The van der Waals surface area contributed by atoms with Crippen LogP contribution in [0.1, 0.15) is 22.8 Å². The number of hydrogen-bond acceptors (Lipinski definition) is 6. The van der Waals surface area contributed by atoms with Gasteiger partial charge in [-0.2, -0.15) is 0 Å². The number of aromatic nitrogens is 1. The number of hydrogen-bond donors (Lipinski definition) is 1. The van der Waals surface area contributed by atoms with Gasteiger partial charge in [0.15, 0.2) is 0 Å². The molecule has 0 saturated carbocycles. The highest BCUT2D eigenvalue weighted by Crippen LogP contribution is 2.57. The number of thioether (sulfide) groups is 1. The molecule has 1 spiro atoms. The number of rotatable bonds is 3. The fourth-order valence-electron chi connectivity index (χ4n) is 4.54. The summed E-state index contributed by atoms with van der Waals surface area (Å²) in [6.45, 7) is 0. The number of carbonyl (C=O) groups is 2. The molecule has 1 saturated heterocycles. The molecule has 0 unspecified atom stereocenters. The lowest BCUT2D eigenvalue weighted by atomic mass is 9.71. The molecule has 1 aromatic heterocycles. The molecule has 2 aliphatic heterocycles. The molecule has 6 nitrogen and oxygen atoms in total. The van der Waals surface area contributed by atoms with Crippen molar-refractivity contribution in [2.24, 2.45) is 5.41 Å². The highest BCUT2D eigenvalue weighted by atomic mass is 35.5. The van der Waals surface area contributed by atoms with Crippen LogP contribution in [0.15, 0.2) is 58.4 Å². The van der Waals surface area contributed by atoms with Crippen LogP contribution in [0.4, 0.5) is 11.4 Å². The molecule has 1 fully saturated rings. The Morgan fingerprint density at radius 1 is 1.06 bits per heavy atom. The van der Waals surface area contributed by atoms with Gasteiger partial charge in [-0.25, -0.2) is 4.90 Å². The summed E-state index contributed by atoms with van der Waals surface area (Å²) in [5.74, 6) is -0.432. The molecule has 9 heteroatoms. The van der Waals surface area contributed by atoms with Crippen LogP contribution in [0.3, 0.4) is 0 Å². The Hall–Kier alpha value is -2.55. The van der Waals surface area contributed by atoms with E-state index >= 15 is 0 Å². The number of aromatic amines is 1. The zero-order valence-corrected chi connectivity index (χ0v) is 19.8. The van der Waals surface area contributed by atoms with Crippen molar-refractivity contribution in [2.45, 2.75) is 17.4 Å². The summed E-state index contributed by atoms with van der Waals surface area (Å²) in [5, 5.41) is 1.33. The average molecular weight is 486 g/mol. The van der Waals surface area contributed by atoms with Gasteiger partial charge in [-0.15, -0.1) is 11.8 Å². The second kappa shape index (κ2) is 7.79. The smallest absolute Gasteiger partial charge is 0.305 e. The van der Waals surface area contributed by atoms with Crippen LogP contribution in [0, 0.1) is 5.41 Å². The Labute approximate surface area is 198 Å². The molecule has 164 valence electrons. The second-order valence-corrected chi connectivity index (χ2v) is 10.7. The minimum Gasteiger partial charge on any atom is -0.378 e. The summed E-state index contributed by atoms with van der Waals surface area (Å²) >= 11 is 8.57. The Morgan fingerprint density at radius 3 is 2.41 bits per heavy atom. The third-order valence-electron chi connectivity index (χ3n) is 6.10. The number of halogens is 1. The van der Waals surface area contributed by atoms with Crippen LogP contribution >= 0.6 is 34.7 Å². The molecule has 5 rings (SSSR count). The highest BCUT2D eigenvalue weighted by Gasteiger charge is 2.59. The topological polar surface area (TPSA) is 73.5 Å². The van der Waals surface area contributed by atoms with Gasteiger partial charge in [-0.05, 0) is 42.0 Å². The SMILES string of the molecule is CN(C)c1ccc([C@@H]2c3sc(=O)[nH]c3SC[C@]23CC(=O)N(c2ccc(Cl)cc2)C3=O)cc1. The molecule has 1 N–H and O–H groups in total. The molecule has 2 aliphatic rings. The number of thiazole rings is 1. The minimum absolute atomic E-state index is 0.0904. The van der Waals surface area contributed by atoms with Gasteiger partial charge in [0, 0.05) is 47.8 Å². The van der Waals surface area contributed by atoms with E-state index < -0.39 is 5.41 Å². The van der Waals surface area contributed by atoms with Gasteiger partial charge < -0.3 is 9.88 Å². The van der Waals surface area contributed by atoms with Crippen molar-refractivity contribution in [2.75, 3.05) is 29.6 Å². The monoisotopic (exact) mass is 485 g/mol. The molecule has 0 bridgehead atoms. The summed E-state index contributed by atoms with van der Waals surface area (Å²) in [5.41, 5.74) is 1.51. The molecule has 0 aliphatic carbocycles. The van der Waals surface area contributed by atoms with Gasteiger partial charge in [0.25, 0.3) is 0 Å². The van der Waals surface area contributed by atoms with Crippen LogP contribution < -0.4 is 14.7 Å². The quantitative estimate of drug-likeness (QED) is 0.558. The third-order valence-corrected chi connectivity index (χ3v) is 8.70. The summed E-state index contributed by atoms with van der Waals surface area (Å²) in [7, 11) is 3.93. The van der Waals surface area contributed by atoms with Gasteiger partial charge in [-0.1, -0.05) is 35.1 Å². The van der Waals surface area contributed by atoms with Gasteiger partial charge in [0.05, 0.1) is 16.1 Å². The molecule has 32 heavy (non-hydrogen) atoms. The van der Waals surface area contributed by atoms with E-state index in [-0.39, 0.29) is 29.0 Å². The van der Waals surface area contributed by atoms with Gasteiger partial charge >= 0.3 is 4.87 Å². The Morgan fingerprint density at radius 2 is 1.75 bits per heavy atom. The fraction of sp³-hybridized carbons (Fsp3) is 0.261. The number of imide groups is 1. The lowest BCUT2D eigenvalue weighted by molar-refractivity contribution is -0.125. The normalized spacial score (nSPS) is 22.5. The standard InChI is InChI=1S/C23H20ClN3O3S2/c1-26(2)15-7-3-13(4-8-15)18-19-20(25-22(30)32-19)31-12-23(18)11-17(28)27(21(23)29)16-9-5-14(24)6-10-16/h3-10,18H,11-12H2,1-2H3,(H,25,30)/t18-,23-/m1/s1. The summed E-state index contributed by atoms with van der Waals surface area (Å²) < 4.78 is 0. The first-order valence-electron chi connectivity index (χ1n) is 10.1. The second-order valence-electron chi connectivity index (χ2n) is 8.26. The number of H-pyrrole nitrogens is 1. The number of amides is 2. The zero-order chi connectivity index (χ0) is 22.6. The van der Waals surface area contributed by atoms with Crippen molar-refractivity contribution in [1.29, 1.82) is 0 Å². The average Bonchev–Trinajstić information content (AvgIpc) is 3.25. The minimum atomic E-state index is -0.959. The van der Waals surface area contributed by atoms with Crippen molar-refractivity contribution in [3.63, 3.8) is 0 Å². The number of fused-ring (bicyclic) bond motifs is 1. The van der Waals surface area contributed by atoms with E-state index in [9.17, 15) is 14.4 Å². The van der Waals surface area contributed by atoms with Gasteiger partial charge in [0.2, 0.25) is 11.8 Å². The summed E-state index contributed by atoms with van der Waals surface area (Å²) in [6, 6.07) is 14.7. The van der Waals surface area contributed by atoms with Crippen LogP contribution in [0.25, 0.3) is 0 Å². The van der Waals surface area contributed by atoms with E-state index in [2.05, 4.69) is 4.98 Å². The van der Waals surface area contributed by atoms with E-state index in [4.69, 9.17) is 11.6 Å². The lowest BCUT2D eigenvalue weighted by Crippen LogP contribution is -2.43. The summed E-state index contributed by atoms with van der Waals surface area (Å²) in [4.78, 5) is 46.2. The molecule has 2 atom stereocenters. The number of benzene rings is 2. The van der Waals surface area contributed by atoms with Crippen molar-refractivity contribution in [3.05, 3.63) is 73.7 Å². The van der Waals surface area contributed by atoms with Crippen molar-refractivity contribution in [1.82, 2.24) is 4.98 Å². The van der Waals surface area contributed by atoms with Crippen LogP contribution in [-0.4, -0.2) is 36.6 Å². The van der Waals surface area contributed by atoms with E-state index in [0.29, 0.717) is 16.5 Å². The molecule has 0 radical (unpaired) electrons. The summed E-state index contributed by atoms with van der Waals surface area (Å²) in [6.07, 6.45) is 0.0904. The van der Waals surface area contributed by atoms with Crippen LogP contribution in [0.5, 0.6) is 0 Å². The van der Waals surface area contributed by atoms with E-state index in [1.807, 2.05) is 43.3 Å². The first-order chi connectivity index (χ1) is 15.3. The van der Waals surface area contributed by atoms with E-state index in [0.717, 1.165) is 32.5 Å². The number of anilines is 2. The van der Waals surface area contributed by atoms with E-state index in [1.54, 1.807) is 24.3 Å². The van der Waals surface area contributed by atoms with Crippen LogP contribution in [0.2, 0.25) is 5.02 Å². The number of carbonyl (C=O) groups excluding carboxylic acids is 2. The first kappa shape index (κ1) is 21.3. The zero-order valence-electron chi connectivity index (χ0n) is 17.4. The van der Waals surface area contributed by atoms with E-state index in [1.165, 1.54) is 16.7 Å². The Bertz CT molecular complexity index is 1270. The first-order valence-corrected chi connectivity index (χ1v) is 12.2. The third kappa shape index (κ3) is 3.29. The molecular formula is C23H20ClN3O3S2. The maximum atomic E-state index is 13.9. The predicted octanol–water partition coefficient (Wildman–Crippen LogP) is 4.34. The molecular weight excluding hydrogens is 466 g/mol. The Balaban J connectivity index is 1.64.